The number of benzene rings is 2. The van der Waals surface area contributed by atoms with E-state index in [2.05, 4.69) is 13.8 Å². The quantitative estimate of drug-likeness (QED) is 0.130. The summed E-state index contributed by atoms with van der Waals surface area (Å²) in [5, 5.41) is 10.2. The summed E-state index contributed by atoms with van der Waals surface area (Å²) < 4.78 is 38.0. The fourth-order valence-electron chi connectivity index (χ4n) is 5.72. The molecule has 0 fully saturated rings. The number of carbonyl (C=O) groups excluding carboxylic acids is 1. The van der Waals surface area contributed by atoms with Gasteiger partial charge in [0.2, 0.25) is 5.60 Å². The number of carbonyl (C=O) groups is 2. The highest BCUT2D eigenvalue weighted by Crippen LogP contribution is 2.43. The molecule has 1 aliphatic rings. The van der Waals surface area contributed by atoms with Gasteiger partial charge in [-0.15, -0.1) is 0 Å². The SMILES string of the molecule is CCCCCCCCOC1(C(=O)O)C=CC(c2ccccc2)=C(c2ccc(C(=O)C(C)CCCCCCC)c(F)c2)C1F. The molecule has 0 aliphatic heterocycles. The second-order valence-electron chi connectivity index (χ2n) is 11.8. The molecular weight excluding hydrogens is 546 g/mol. The second-order valence-corrected chi connectivity index (χ2v) is 11.8. The summed E-state index contributed by atoms with van der Waals surface area (Å²) >= 11 is 0. The molecular formula is C37H48F2O4. The number of ether oxygens (including phenoxy) is 1. The molecule has 4 nitrogen and oxygen atoms in total. The van der Waals surface area contributed by atoms with Gasteiger partial charge in [0.1, 0.15) is 5.82 Å². The predicted molar refractivity (Wildman–Crippen MR) is 170 cm³/mol. The van der Waals surface area contributed by atoms with Crippen molar-refractivity contribution in [2.24, 2.45) is 5.92 Å². The van der Waals surface area contributed by atoms with Gasteiger partial charge in [-0.1, -0.05) is 127 Å². The van der Waals surface area contributed by atoms with E-state index in [1.54, 1.807) is 30.3 Å². The topological polar surface area (TPSA) is 63.6 Å². The molecule has 1 N–H and O–H groups in total. The normalized spacial score (nSPS) is 19.0. The molecule has 0 aromatic heterocycles. The van der Waals surface area contributed by atoms with Gasteiger partial charge >= 0.3 is 5.97 Å². The number of carboxylic acid groups (broad SMARTS) is 1. The lowest BCUT2D eigenvalue weighted by molar-refractivity contribution is -0.164. The van der Waals surface area contributed by atoms with Gasteiger partial charge in [0, 0.05) is 18.1 Å². The van der Waals surface area contributed by atoms with E-state index in [1.165, 1.54) is 18.2 Å². The Hall–Kier alpha value is -3.12. The summed E-state index contributed by atoms with van der Waals surface area (Å²) in [6.07, 6.45) is 12.7. The first-order chi connectivity index (χ1) is 20.8. The first kappa shape index (κ1) is 34.4. The van der Waals surface area contributed by atoms with Gasteiger partial charge < -0.3 is 9.84 Å². The van der Waals surface area contributed by atoms with Gasteiger partial charge in [0.05, 0.1) is 5.56 Å². The molecule has 0 saturated heterocycles. The van der Waals surface area contributed by atoms with Crippen LogP contribution in [0.5, 0.6) is 0 Å². The summed E-state index contributed by atoms with van der Waals surface area (Å²) in [7, 11) is 0. The zero-order chi connectivity index (χ0) is 31.2. The van der Waals surface area contributed by atoms with Crippen molar-refractivity contribution in [1.29, 1.82) is 0 Å². The number of rotatable bonds is 19. The van der Waals surface area contributed by atoms with Gasteiger partial charge in [0.25, 0.3) is 0 Å². The molecule has 3 atom stereocenters. The van der Waals surface area contributed by atoms with E-state index < -0.39 is 23.6 Å². The maximum atomic E-state index is 16.7. The van der Waals surface area contributed by atoms with Crippen LogP contribution < -0.4 is 0 Å². The molecule has 0 spiro atoms. The zero-order valence-electron chi connectivity index (χ0n) is 26.0. The third-order valence-corrected chi connectivity index (χ3v) is 8.41. The molecule has 0 bridgehead atoms. The summed E-state index contributed by atoms with van der Waals surface area (Å²) in [4.78, 5) is 25.7. The van der Waals surface area contributed by atoms with Crippen molar-refractivity contribution in [3.05, 3.63) is 83.2 Å². The number of Topliss-reactive ketones (excluding diaryl/α,β-unsaturated/α-hetero) is 1. The van der Waals surface area contributed by atoms with Crippen molar-refractivity contribution in [3.8, 4) is 0 Å². The van der Waals surface area contributed by atoms with Crippen molar-refractivity contribution in [1.82, 2.24) is 0 Å². The molecule has 3 rings (SSSR count). The minimum Gasteiger partial charge on any atom is -0.479 e. The molecule has 0 heterocycles. The van der Waals surface area contributed by atoms with Crippen molar-refractivity contribution in [3.63, 3.8) is 0 Å². The van der Waals surface area contributed by atoms with Crippen LogP contribution in [0, 0.1) is 11.7 Å². The zero-order valence-corrected chi connectivity index (χ0v) is 26.0. The van der Waals surface area contributed by atoms with E-state index in [-0.39, 0.29) is 35.0 Å². The van der Waals surface area contributed by atoms with E-state index in [0.717, 1.165) is 70.3 Å². The maximum Gasteiger partial charge on any atom is 0.343 e. The van der Waals surface area contributed by atoms with Gasteiger partial charge in [-0.05, 0) is 47.8 Å². The largest absolute Gasteiger partial charge is 0.479 e. The Labute approximate surface area is 256 Å². The second kappa shape index (κ2) is 17.2. The lowest BCUT2D eigenvalue weighted by Gasteiger charge is -2.35. The number of hydrogen-bond acceptors (Lipinski definition) is 3. The van der Waals surface area contributed by atoms with Crippen LogP contribution in [0.4, 0.5) is 8.78 Å². The number of hydrogen-bond donors (Lipinski definition) is 1. The van der Waals surface area contributed by atoms with Gasteiger partial charge in [0.15, 0.2) is 12.0 Å². The lowest BCUT2D eigenvalue weighted by atomic mass is 9.78. The van der Waals surface area contributed by atoms with E-state index >= 15 is 8.78 Å². The Bertz CT molecular complexity index is 1250. The van der Waals surface area contributed by atoms with Gasteiger partial charge in [-0.2, -0.15) is 0 Å². The maximum absolute atomic E-state index is 16.7. The number of allylic oxidation sites excluding steroid dienone is 2. The van der Waals surface area contributed by atoms with Crippen LogP contribution in [0.15, 0.2) is 60.7 Å². The highest BCUT2D eigenvalue weighted by molar-refractivity contribution is 6.03. The average molecular weight is 595 g/mol. The van der Waals surface area contributed by atoms with Crippen LogP contribution in [0.25, 0.3) is 11.1 Å². The van der Waals surface area contributed by atoms with Crippen LogP contribution in [-0.2, 0) is 9.53 Å². The van der Waals surface area contributed by atoms with Crippen LogP contribution in [-0.4, -0.2) is 35.2 Å². The number of halogens is 2. The monoisotopic (exact) mass is 594 g/mol. The van der Waals surface area contributed by atoms with Gasteiger partial charge in [-0.25, -0.2) is 13.6 Å². The Morgan fingerprint density at radius 3 is 2.14 bits per heavy atom. The molecule has 0 amide bonds. The first-order valence-corrected chi connectivity index (χ1v) is 16.1. The number of alkyl halides is 1. The van der Waals surface area contributed by atoms with E-state index in [4.69, 9.17) is 4.74 Å². The van der Waals surface area contributed by atoms with Crippen molar-refractivity contribution in [2.45, 2.75) is 110 Å². The molecule has 0 saturated carbocycles. The third kappa shape index (κ3) is 8.95. The van der Waals surface area contributed by atoms with Gasteiger partial charge in [-0.3, -0.25) is 4.79 Å². The minimum absolute atomic E-state index is 0.0286. The van der Waals surface area contributed by atoms with Crippen molar-refractivity contribution >= 4 is 22.9 Å². The van der Waals surface area contributed by atoms with E-state index in [0.29, 0.717) is 24.0 Å². The number of aliphatic carboxylic acids is 1. The standard InChI is InChI=1S/C37H48F2O4/c1-4-6-8-10-12-17-25-43-37(36(41)42)24-23-30(28-19-15-13-16-20-28)33(35(37)39)29-21-22-31(32(38)26-29)34(40)27(3)18-14-11-9-7-5-2/h13,15-16,19-24,26-27,35H,4-12,14,17-18,25H2,1-3H3,(H,41,42). The summed E-state index contributed by atoms with van der Waals surface area (Å²) in [5.74, 6) is -2.79. The average Bonchev–Trinajstić information content (AvgIpc) is 3.01. The Morgan fingerprint density at radius 1 is 0.884 bits per heavy atom. The molecule has 43 heavy (non-hydrogen) atoms. The number of ketones is 1. The van der Waals surface area contributed by atoms with Crippen LogP contribution in [0.1, 0.15) is 119 Å². The van der Waals surface area contributed by atoms with Crippen LogP contribution >= 0.6 is 0 Å². The Morgan fingerprint density at radius 2 is 1.51 bits per heavy atom. The van der Waals surface area contributed by atoms with Crippen LogP contribution in [0.3, 0.4) is 0 Å². The highest BCUT2D eigenvalue weighted by atomic mass is 19.1. The van der Waals surface area contributed by atoms with Crippen LogP contribution in [0.2, 0.25) is 0 Å². The number of carboxylic acids is 1. The smallest absolute Gasteiger partial charge is 0.343 e. The van der Waals surface area contributed by atoms with Crippen molar-refractivity contribution < 1.29 is 28.2 Å². The van der Waals surface area contributed by atoms with E-state index in [1.807, 2.05) is 13.0 Å². The first-order valence-electron chi connectivity index (χ1n) is 16.1. The summed E-state index contributed by atoms with van der Waals surface area (Å²) in [5.41, 5.74) is -0.937. The summed E-state index contributed by atoms with van der Waals surface area (Å²) in [6, 6.07) is 13.1. The molecule has 6 heteroatoms. The Balaban J connectivity index is 1.89. The fraction of sp³-hybridized carbons (Fsp3) is 0.514. The lowest BCUT2D eigenvalue weighted by Crippen LogP contribution is -2.50. The predicted octanol–water partition coefficient (Wildman–Crippen LogP) is 10.0. The molecule has 3 unspecified atom stereocenters. The van der Waals surface area contributed by atoms with E-state index in [9.17, 15) is 14.7 Å². The Kier molecular flexibility index (Phi) is 13.8. The third-order valence-electron chi connectivity index (χ3n) is 8.41. The molecule has 1 aliphatic carbocycles. The highest BCUT2D eigenvalue weighted by Gasteiger charge is 2.50. The molecule has 0 radical (unpaired) electrons. The minimum atomic E-state index is -2.24. The fourth-order valence-corrected chi connectivity index (χ4v) is 5.72. The molecule has 2 aromatic carbocycles. The number of unbranched alkanes of at least 4 members (excludes halogenated alkanes) is 9. The van der Waals surface area contributed by atoms with Crippen molar-refractivity contribution in [2.75, 3.05) is 6.61 Å². The molecule has 2 aromatic rings. The summed E-state index contributed by atoms with van der Waals surface area (Å²) in [6.45, 7) is 6.20. The molecule has 234 valence electrons.